The lowest BCUT2D eigenvalue weighted by Gasteiger charge is -2.12. The maximum Gasteiger partial charge on any atom is 0.160 e. The molecule has 0 fully saturated rings. The van der Waals surface area contributed by atoms with E-state index in [2.05, 4.69) is 121 Å². The van der Waals surface area contributed by atoms with E-state index in [0.717, 1.165) is 71.9 Å². The van der Waals surface area contributed by atoms with Crippen molar-refractivity contribution in [1.29, 1.82) is 0 Å². The highest BCUT2D eigenvalue weighted by atomic mass is 15.5. The van der Waals surface area contributed by atoms with Crippen LogP contribution in [-0.2, 0) is 0 Å². The van der Waals surface area contributed by atoms with Gasteiger partial charge in [0.1, 0.15) is 11.0 Å². The Bertz CT molecular complexity index is 2910. The van der Waals surface area contributed by atoms with Crippen LogP contribution in [0.5, 0.6) is 0 Å². The van der Waals surface area contributed by atoms with Gasteiger partial charge in [-0.3, -0.25) is 0 Å². The Hall–Kier alpha value is -6.98. The second kappa shape index (κ2) is 11.9. The third-order valence-electron chi connectivity index (χ3n) is 9.63. The van der Waals surface area contributed by atoms with Crippen molar-refractivity contribution in [3.8, 4) is 50.7 Å². The van der Waals surface area contributed by atoms with Crippen molar-refractivity contribution in [3.05, 3.63) is 176 Å². The SMILES string of the molecule is c1ccc(-c2cc(-c3cccc(-c4ccc5ccccc5c4)c3)nc(-c3ccc4ccc5ccc6nn(-c7ccccc7)nc6c5c4c3)n2)cc1. The molecule has 238 valence electrons. The first-order valence-electron chi connectivity index (χ1n) is 17.1. The molecular weight excluding hydrogens is 623 g/mol. The number of benzene rings is 8. The monoisotopic (exact) mass is 651 g/mol. The fourth-order valence-electron chi connectivity index (χ4n) is 7.04. The minimum Gasteiger partial charge on any atom is -0.228 e. The van der Waals surface area contributed by atoms with Gasteiger partial charge in [0.15, 0.2) is 5.82 Å². The highest BCUT2D eigenvalue weighted by molar-refractivity contribution is 6.18. The summed E-state index contributed by atoms with van der Waals surface area (Å²) in [5.41, 5.74) is 9.70. The molecule has 8 aromatic carbocycles. The van der Waals surface area contributed by atoms with Gasteiger partial charge in [0.2, 0.25) is 0 Å². The van der Waals surface area contributed by atoms with Crippen LogP contribution in [0, 0.1) is 0 Å². The summed E-state index contributed by atoms with van der Waals surface area (Å²) in [6, 6.07) is 61.2. The molecule has 0 aliphatic carbocycles. The topological polar surface area (TPSA) is 56.5 Å². The minimum atomic E-state index is 0.668. The van der Waals surface area contributed by atoms with Crippen LogP contribution in [0.3, 0.4) is 0 Å². The third-order valence-corrected chi connectivity index (χ3v) is 9.63. The Morgan fingerprint density at radius 1 is 0.373 bits per heavy atom. The molecule has 0 aliphatic heterocycles. The maximum atomic E-state index is 5.23. The zero-order valence-electron chi connectivity index (χ0n) is 27.5. The second-order valence-electron chi connectivity index (χ2n) is 12.8. The summed E-state index contributed by atoms with van der Waals surface area (Å²) in [6.07, 6.45) is 0. The van der Waals surface area contributed by atoms with Crippen molar-refractivity contribution in [2.45, 2.75) is 0 Å². The molecule has 0 unspecified atom stereocenters. The van der Waals surface area contributed by atoms with Gasteiger partial charge in [-0.2, -0.15) is 4.80 Å². The van der Waals surface area contributed by atoms with Gasteiger partial charge in [0.25, 0.3) is 0 Å². The molecule has 0 atom stereocenters. The van der Waals surface area contributed by atoms with Crippen LogP contribution in [0.25, 0.3) is 94.1 Å². The van der Waals surface area contributed by atoms with E-state index in [9.17, 15) is 0 Å². The van der Waals surface area contributed by atoms with E-state index in [1.165, 1.54) is 16.3 Å². The summed E-state index contributed by atoms with van der Waals surface area (Å²) < 4.78 is 0. The molecular formula is C46H29N5. The Balaban J connectivity index is 1.14. The van der Waals surface area contributed by atoms with Gasteiger partial charge in [-0.05, 0) is 80.5 Å². The van der Waals surface area contributed by atoms with Crippen LogP contribution in [0.4, 0.5) is 0 Å². The largest absolute Gasteiger partial charge is 0.228 e. The Labute approximate surface area is 294 Å². The first-order valence-corrected chi connectivity index (χ1v) is 17.1. The molecule has 0 N–H and O–H groups in total. The third kappa shape index (κ3) is 5.20. The number of fused-ring (bicyclic) bond motifs is 6. The summed E-state index contributed by atoms with van der Waals surface area (Å²) in [4.78, 5) is 12.1. The van der Waals surface area contributed by atoms with Gasteiger partial charge in [-0.25, -0.2) is 9.97 Å². The van der Waals surface area contributed by atoms with E-state index in [4.69, 9.17) is 20.2 Å². The van der Waals surface area contributed by atoms with Gasteiger partial charge >= 0.3 is 0 Å². The fourth-order valence-corrected chi connectivity index (χ4v) is 7.04. The van der Waals surface area contributed by atoms with E-state index in [1.54, 1.807) is 4.80 Å². The number of nitrogens with zero attached hydrogens (tertiary/aromatic N) is 5. The van der Waals surface area contributed by atoms with E-state index < -0.39 is 0 Å². The van der Waals surface area contributed by atoms with Crippen LogP contribution in [0.15, 0.2) is 176 Å². The lowest BCUT2D eigenvalue weighted by atomic mass is 9.97. The zero-order valence-corrected chi connectivity index (χ0v) is 27.5. The molecule has 0 radical (unpaired) electrons. The van der Waals surface area contributed by atoms with Crippen molar-refractivity contribution < 1.29 is 0 Å². The molecule has 2 heterocycles. The van der Waals surface area contributed by atoms with Crippen molar-refractivity contribution >= 4 is 43.4 Å². The summed E-state index contributed by atoms with van der Waals surface area (Å²) in [6.45, 7) is 0. The Kier molecular flexibility index (Phi) is 6.74. The smallest absolute Gasteiger partial charge is 0.160 e. The summed E-state index contributed by atoms with van der Waals surface area (Å²) >= 11 is 0. The number of hydrogen-bond acceptors (Lipinski definition) is 4. The minimum absolute atomic E-state index is 0.668. The van der Waals surface area contributed by atoms with Gasteiger partial charge in [-0.1, -0.05) is 133 Å². The van der Waals surface area contributed by atoms with Crippen LogP contribution in [0.1, 0.15) is 0 Å². The van der Waals surface area contributed by atoms with Gasteiger partial charge in [0.05, 0.1) is 17.1 Å². The molecule has 0 bridgehead atoms. The molecule has 0 saturated heterocycles. The van der Waals surface area contributed by atoms with E-state index in [1.807, 2.05) is 54.6 Å². The number of aromatic nitrogens is 5. The lowest BCUT2D eigenvalue weighted by molar-refractivity contribution is 0.766. The first kappa shape index (κ1) is 29.0. The first-order chi connectivity index (χ1) is 25.2. The van der Waals surface area contributed by atoms with Crippen LogP contribution in [-0.4, -0.2) is 25.0 Å². The highest BCUT2D eigenvalue weighted by Crippen LogP contribution is 2.35. The van der Waals surface area contributed by atoms with Gasteiger partial charge < -0.3 is 0 Å². The maximum absolute atomic E-state index is 5.23. The predicted molar refractivity (Wildman–Crippen MR) is 209 cm³/mol. The van der Waals surface area contributed by atoms with E-state index in [0.29, 0.717) is 5.82 Å². The molecule has 0 spiro atoms. The Morgan fingerprint density at radius 3 is 1.86 bits per heavy atom. The molecule has 10 aromatic rings. The molecule has 0 amide bonds. The van der Waals surface area contributed by atoms with Crippen LogP contribution >= 0.6 is 0 Å². The molecule has 2 aromatic heterocycles. The standard InChI is InChI=1S/C46H29N5/c1-3-11-32(12-4-1)42-29-43(37-15-9-14-35(27-37)36-22-18-30-10-7-8-13-34(30)26-36)48-46(47-42)38-23-20-31-19-21-33-24-25-41-45(44(33)40(31)28-38)50-51(49-41)39-16-5-2-6-17-39/h1-29H. The summed E-state index contributed by atoms with van der Waals surface area (Å²) in [5.74, 6) is 0.668. The average molecular weight is 652 g/mol. The van der Waals surface area contributed by atoms with E-state index >= 15 is 0 Å². The number of hydrogen-bond donors (Lipinski definition) is 0. The van der Waals surface area contributed by atoms with Crippen molar-refractivity contribution in [1.82, 2.24) is 25.0 Å². The number of rotatable bonds is 5. The lowest BCUT2D eigenvalue weighted by Crippen LogP contribution is -1.97. The van der Waals surface area contributed by atoms with Gasteiger partial charge in [-0.15, -0.1) is 10.2 Å². The predicted octanol–water partition coefficient (Wildman–Crippen LogP) is 11.3. The molecule has 0 saturated carbocycles. The van der Waals surface area contributed by atoms with Crippen molar-refractivity contribution in [2.75, 3.05) is 0 Å². The van der Waals surface area contributed by atoms with Crippen LogP contribution in [0.2, 0.25) is 0 Å². The summed E-state index contributed by atoms with van der Waals surface area (Å²) in [5, 5.41) is 16.7. The second-order valence-corrected chi connectivity index (χ2v) is 12.8. The fraction of sp³-hybridized carbons (Fsp3) is 0. The number of para-hydroxylation sites is 1. The molecule has 51 heavy (non-hydrogen) atoms. The molecule has 0 aliphatic rings. The molecule has 5 heteroatoms. The molecule has 10 rings (SSSR count). The van der Waals surface area contributed by atoms with Crippen LogP contribution < -0.4 is 0 Å². The highest BCUT2D eigenvalue weighted by Gasteiger charge is 2.15. The van der Waals surface area contributed by atoms with Gasteiger partial charge in [0, 0.05) is 22.1 Å². The van der Waals surface area contributed by atoms with Crippen molar-refractivity contribution in [3.63, 3.8) is 0 Å². The normalized spacial score (nSPS) is 11.5. The van der Waals surface area contributed by atoms with Crippen molar-refractivity contribution in [2.24, 2.45) is 0 Å². The quantitative estimate of drug-likeness (QED) is 0.174. The summed E-state index contributed by atoms with van der Waals surface area (Å²) in [7, 11) is 0. The zero-order chi connectivity index (χ0) is 33.7. The average Bonchev–Trinajstić information content (AvgIpc) is 3.66. The van der Waals surface area contributed by atoms with E-state index in [-0.39, 0.29) is 0 Å². The Morgan fingerprint density at radius 2 is 1.00 bits per heavy atom. The molecule has 5 nitrogen and oxygen atoms in total.